The van der Waals surface area contributed by atoms with E-state index in [0.717, 1.165) is 45.7 Å². The highest BCUT2D eigenvalue weighted by Gasteiger charge is 2.64. The summed E-state index contributed by atoms with van der Waals surface area (Å²) >= 11 is 1.79. The molecule has 31 heavy (non-hydrogen) atoms. The van der Waals surface area contributed by atoms with Crippen molar-refractivity contribution < 1.29 is 25.1 Å². The zero-order valence-corrected chi connectivity index (χ0v) is 19.8. The molecule has 4 fully saturated rings. The van der Waals surface area contributed by atoms with Gasteiger partial charge in [0.05, 0.1) is 31.2 Å². The molecule has 0 spiro atoms. The average Bonchev–Trinajstić information content (AvgIpc) is 3.13. The number of quaternary nitrogens is 1. The van der Waals surface area contributed by atoms with Crippen LogP contribution in [0.5, 0.6) is 0 Å². The molecular formula is C22H41N4O4S+. The predicted octanol–water partition coefficient (Wildman–Crippen LogP) is -1.09. The van der Waals surface area contributed by atoms with Crippen molar-refractivity contribution in [3.63, 3.8) is 0 Å². The molecule has 2 aliphatic carbocycles. The van der Waals surface area contributed by atoms with Gasteiger partial charge < -0.3 is 25.6 Å². The number of morpholine rings is 1. The lowest BCUT2D eigenvalue weighted by Gasteiger charge is -2.60. The Kier molecular flexibility index (Phi) is 7.23. The molecule has 7 N–H and O–H groups in total. The van der Waals surface area contributed by atoms with E-state index in [4.69, 9.17) is 10.5 Å². The Morgan fingerprint density at radius 2 is 2.10 bits per heavy atom. The molecule has 0 aromatic carbocycles. The van der Waals surface area contributed by atoms with Crippen LogP contribution in [0.25, 0.3) is 0 Å². The van der Waals surface area contributed by atoms with Gasteiger partial charge in [0.2, 0.25) is 5.91 Å². The molecule has 2 saturated carbocycles. The Bertz CT molecular complexity index is 651. The van der Waals surface area contributed by atoms with Gasteiger partial charge in [0, 0.05) is 43.9 Å². The molecule has 9 heteroatoms. The summed E-state index contributed by atoms with van der Waals surface area (Å²) in [7, 11) is 0. The minimum Gasteiger partial charge on any atom is -0.396 e. The van der Waals surface area contributed by atoms with Crippen LogP contribution in [-0.2, 0) is 9.53 Å². The number of hydrogen-bond acceptors (Lipinski definition) is 7. The number of nitrogens with two attached hydrogens (primary N) is 2. The molecule has 2 heterocycles. The van der Waals surface area contributed by atoms with Crippen molar-refractivity contribution in [1.82, 2.24) is 10.2 Å². The quantitative estimate of drug-likeness (QED) is 0.343. The van der Waals surface area contributed by atoms with Gasteiger partial charge in [-0.1, -0.05) is 25.6 Å². The molecule has 3 unspecified atom stereocenters. The summed E-state index contributed by atoms with van der Waals surface area (Å²) in [6.45, 7) is 9.19. The van der Waals surface area contributed by atoms with Gasteiger partial charge in [-0.3, -0.25) is 15.4 Å². The summed E-state index contributed by atoms with van der Waals surface area (Å²) in [5, 5.41) is 26.8. The summed E-state index contributed by atoms with van der Waals surface area (Å²) in [6, 6.07) is 0.310. The van der Waals surface area contributed by atoms with Gasteiger partial charge in [0.25, 0.3) is 0 Å². The fourth-order valence-electron chi connectivity index (χ4n) is 6.91. The van der Waals surface area contributed by atoms with Gasteiger partial charge in [-0.15, -0.1) is 0 Å². The highest BCUT2D eigenvalue weighted by molar-refractivity contribution is 8.00. The van der Waals surface area contributed by atoms with Gasteiger partial charge in [0.1, 0.15) is 6.04 Å². The minimum atomic E-state index is -0.531. The van der Waals surface area contributed by atoms with Crippen LogP contribution >= 0.6 is 11.8 Å². The van der Waals surface area contributed by atoms with Crippen molar-refractivity contribution >= 4 is 17.7 Å². The van der Waals surface area contributed by atoms with Crippen molar-refractivity contribution in [3.05, 3.63) is 0 Å². The normalized spacial score (nSPS) is 45.7. The zero-order valence-electron chi connectivity index (χ0n) is 19.0. The van der Waals surface area contributed by atoms with Crippen molar-refractivity contribution in [2.75, 3.05) is 46.0 Å². The Balaban J connectivity index is 1.46. The average molecular weight is 458 g/mol. The first-order valence-corrected chi connectivity index (χ1v) is 12.8. The van der Waals surface area contributed by atoms with Gasteiger partial charge in [-0.2, -0.15) is 0 Å². The first-order valence-electron chi connectivity index (χ1n) is 11.9. The van der Waals surface area contributed by atoms with Crippen LogP contribution in [0, 0.1) is 22.7 Å². The summed E-state index contributed by atoms with van der Waals surface area (Å²) in [4.78, 5) is 15.4. The van der Waals surface area contributed by atoms with E-state index in [1.807, 2.05) is 6.92 Å². The van der Waals surface area contributed by atoms with Gasteiger partial charge >= 0.3 is 0 Å². The van der Waals surface area contributed by atoms with Crippen LogP contribution in [0.2, 0.25) is 0 Å². The molecule has 4 rings (SSSR count). The second kappa shape index (κ2) is 9.44. The van der Waals surface area contributed by atoms with E-state index in [1.165, 1.54) is 0 Å². The summed E-state index contributed by atoms with van der Waals surface area (Å²) < 4.78 is 5.39. The molecule has 2 saturated heterocycles. The number of carbonyl (C=O) groups is 1. The van der Waals surface area contributed by atoms with Crippen LogP contribution in [0.4, 0.5) is 0 Å². The molecule has 8 atom stereocenters. The SMILES string of the molecule is C[C@]1(CO)[C@H]2CC3SC(N)[NH2+]C3[C@@H](CC(=O)NCCN3CCOCC3)[C@]2(C)CC[C@H]1O. The highest BCUT2D eigenvalue weighted by atomic mass is 32.2. The number of fused-ring (bicyclic) bond motifs is 2. The monoisotopic (exact) mass is 457 g/mol. The number of aliphatic hydroxyl groups is 2. The lowest BCUT2D eigenvalue weighted by Crippen LogP contribution is -2.96. The summed E-state index contributed by atoms with van der Waals surface area (Å²) in [5.41, 5.74) is 5.67. The van der Waals surface area contributed by atoms with Gasteiger partial charge in [0.15, 0.2) is 5.50 Å². The fourth-order valence-corrected chi connectivity index (χ4v) is 8.35. The molecule has 0 aromatic rings. The number of amides is 1. The third-order valence-corrected chi connectivity index (χ3v) is 10.2. The standard InChI is InChI=1S/C22H40N4O4S/c1-21-4-3-17(28)22(2,13-27)16(21)12-15-19(25-20(23)31-15)14(21)11-18(29)24-5-6-26-7-9-30-10-8-26/h14-17,19-20,25,27-28H,3-13,23H2,1-2H3,(H,24,29)/p+1/t14-,15?,16+,17-,19?,20?,21+,22+/m1/s1. The molecule has 0 aromatic heterocycles. The van der Waals surface area contributed by atoms with Crippen LogP contribution in [-0.4, -0.2) is 89.9 Å². The molecule has 0 bridgehead atoms. The maximum atomic E-state index is 13.0. The number of thioether (sulfide) groups is 1. The Hall–Kier alpha value is -0.420. The van der Waals surface area contributed by atoms with Crippen molar-refractivity contribution in [1.29, 1.82) is 0 Å². The van der Waals surface area contributed by atoms with E-state index in [-0.39, 0.29) is 35.3 Å². The number of aliphatic hydroxyl groups excluding tert-OH is 2. The number of nitrogens with one attached hydrogen (secondary N) is 1. The molecule has 8 nitrogen and oxygen atoms in total. The van der Waals surface area contributed by atoms with Crippen molar-refractivity contribution in [2.45, 2.75) is 62.4 Å². The molecule has 4 aliphatic rings. The number of ether oxygens (including phenoxy) is 1. The van der Waals surface area contributed by atoms with E-state index in [2.05, 4.69) is 22.5 Å². The van der Waals surface area contributed by atoms with Crippen molar-refractivity contribution in [2.24, 2.45) is 28.4 Å². The Morgan fingerprint density at radius 3 is 2.81 bits per heavy atom. The Labute approximate surface area is 190 Å². The fraction of sp³-hybridized carbons (Fsp3) is 0.955. The lowest BCUT2D eigenvalue weighted by atomic mass is 9.46. The van der Waals surface area contributed by atoms with Gasteiger partial charge in [-0.05, 0) is 30.6 Å². The maximum absolute atomic E-state index is 13.0. The predicted molar refractivity (Wildman–Crippen MR) is 120 cm³/mol. The Morgan fingerprint density at radius 1 is 1.35 bits per heavy atom. The van der Waals surface area contributed by atoms with Crippen molar-refractivity contribution in [3.8, 4) is 0 Å². The zero-order chi connectivity index (χ0) is 22.2. The molecular weight excluding hydrogens is 416 g/mol. The summed E-state index contributed by atoms with van der Waals surface area (Å²) in [6.07, 6.45) is 2.49. The van der Waals surface area contributed by atoms with E-state index in [9.17, 15) is 15.0 Å². The van der Waals surface area contributed by atoms with Crippen LogP contribution in [0.1, 0.15) is 39.5 Å². The number of nitrogens with zero attached hydrogens (tertiary/aromatic N) is 1. The van der Waals surface area contributed by atoms with E-state index >= 15 is 0 Å². The second-order valence-corrected chi connectivity index (χ2v) is 12.0. The van der Waals surface area contributed by atoms with E-state index < -0.39 is 11.5 Å². The molecule has 2 aliphatic heterocycles. The first kappa shape index (κ1) is 23.7. The van der Waals surface area contributed by atoms with Crippen LogP contribution < -0.4 is 16.4 Å². The maximum Gasteiger partial charge on any atom is 0.220 e. The number of rotatable bonds is 6. The first-order chi connectivity index (χ1) is 14.8. The smallest absolute Gasteiger partial charge is 0.220 e. The van der Waals surface area contributed by atoms with Gasteiger partial charge in [-0.25, -0.2) is 0 Å². The summed E-state index contributed by atoms with van der Waals surface area (Å²) in [5.74, 6) is 0.459. The molecule has 1 amide bonds. The number of hydrogen-bond donors (Lipinski definition) is 5. The van der Waals surface area contributed by atoms with E-state index in [1.54, 1.807) is 11.8 Å². The minimum absolute atomic E-state index is 0.00376. The topological polar surface area (TPSA) is 125 Å². The van der Waals surface area contributed by atoms with Crippen LogP contribution in [0.3, 0.4) is 0 Å². The third-order valence-electron chi connectivity index (χ3n) is 8.86. The molecule has 0 radical (unpaired) electrons. The molecule has 178 valence electrons. The van der Waals surface area contributed by atoms with E-state index in [0.29, 0.717) is 30.7 Å². The largest absolute Gasteiger partial charge is 0.396 e. The second-order valence-electron chi connectivity index (χ2n) is 10.5. The highest BCUT2D eigenvalue weighted by Crippen LogP contribution is 2.62. The number of carbonyl (C=O) groups excluding carboxylic acids is 1. The van der Waals surface area contributed by atoms with Crippen LogP contribution in [0.15, 0.2) is 0 Å². The third kappa shape index (κ3) is 4.52. The lowest BCUT2D eigenvalue weighted by molar-refractivity contribution is -0.704.